The molecule has 0 saturated carbocycles. The van der Waals surface area contributed by atoms with E-state index < -0.39 is 0 Å². The van der Waals surface area contributed by atoms with E-state index in [0.717, 1.165) is 44.7 Å². The van der Waals surface area contributed by atoms with Crippen LogP contribution < -0.4 is 10.6 Å². The highest BCUT2D eigenvalue weighted by atomic mass is 15.2. The molecule has 4 nitrogen and oxygen atoms in total. The Morgan fingerprint density at radius 3 is 2.48 bits per heavy atom. The van der Waals surface area contributed by atoms with Gasteiger partial charge in [-0.05, 0) is 64.9 Å². The van der Waals surface area contributed by atoms with Crippen molar-refractivity contribution in [2.75, 3.05) is 38.6 Å². The zero-order chi connectivity index (χ0) is 15.8. The Kier molecular flexibility index (Phi) is 7.68. The third kappa shape index (κ3) is 6.02. The second-order valence-corrected chi connectivity index (χ2v) is 6.09. The number of nitrogens with zero attached hydrogens (tertiary/aromatic N) is 3. The first-order valence-corrected chi connectivity index (χ1v) is 8.08. The topological polar surface area (TPSA) is 45.4 Å². The van der Waals surface area contributed by atoms with Crippen molar-refractivity contribution in [3.8, 4) is 0 Å². The fourth-order valence-electron chi connectivity index (χ4n) is 2.51. The number of aryl methyl sites for hydroxylation is 1. The van der Waals surface area contributed by atoms with Crippen LogP contribution in [-0.4, -0.2) is 49.7 Å². The van der Waals surface area contributed by atoms with E-state index in [1.807, 2.05) is 6.20 Å². The number of hydrogen-bond acceptors (Lipinski definition) is 4. The molecule has 21 heavy (non-hydrogen) atoms. The van der Waals surface area contributed by atoms with Crippen LogP contribution in [0.4, 0.5) is 5.82 Å². The van der Waals surface area contributed by atoms with Gasteiger partial charge in [-0.15, -0.1) is 0 Å². The van der Waals surface area contributed by atoms with Crippen LogP contribution >= 0.6 is 0 Å². The Morgan fingerprint density at radius 2 is 1.95 bits per heavy atom. The maximum atomic E-state index is 6.03. The highest BCUT2D eigenvalue weighted by Crippen LogP contribution is 2.19. The van der Waals surface area contributed by atoms with E-state index in [-0.39, 0.29) is 6.04 Å². The Labute approximate surface area is 130 Å². The van der Waals surface area contributed by atoms with Gasteiger partial charge in [-0.1, -0.05) is 13.0 Å². The lowest BCUT2D eigenvalue weighted by atomic mass is 10.0. The van der Waals surface area contributed by atoms with Gasteiger partial charge < -0.3 is 15.5 Å². The summed E-state index contributed by atoms with van der Waals surface area (Å²) in [5.41, 5.74) is 8.53. The van der Waals surface area contributed by atoms with Gasteiger partial charge in [0, 0.05) is 25.3 Å². The van der Waals surface area contributed by atoms with Crippen LogP contribution in [0.5, 0.6) is 0 Å². The highest BCUT2D eigenvalue weighted by molar-refractivity contribution is 5.47. The van der Waals surface area contributed by atoms with Gasteiger partial charge in [0.15, 0.2) is 0 Å². The number of anilines is 1. The number of rotatable bonds is 9. The van der Waals surface area contributed by atoms with Crippen molar-refractivity contribution in [1.29, 1.82) is 0 Å². The Morgan fingerprint density at radius 1 is 1.24 bits per heavy atom. The van der Waals surface area contributed by atoms with E-state index in [0.29, 0.717) is 0 Å². The number of nitrogens with two attached hydrogens (primary N) is 1. The maximum absolute atomic E-state index is 6.03. The highest BCUT2D eigenvalue weighted by Gasteiger charge is 2.11. The average Bonchev–Trinajstić information content (AvgIpc) is 2.44. The monoisotopic (exact) mass is 292 g/mol. The molecule has 0 saturated heterocycles. The number of hydrogen-bond donors (Lipinski definition) is 1. The molecule has 0 aromatic carbocycles. The first-order valence-electron chi connectivity index (χ1n) is 8.08. The summed E-state index contributed by atoms with van der Waals surface area (Å²) >= 11 is 0. The normalized spacial score (nSPS) is 12.7. The lowest BCUT2D eigenvalue weighted by Crippen LogP contribution is -2.28. The number of aromatic nitrogens is 1. The van der Waals surface area contributed by atoms with Crippen molar-refractivity contribution in [1.82, 2.24) is 9.88 Å². The summed E-state index contributed by atoms with van der Waals surface area (Å²) in [6.45, 7) is 9.63. The smallest absolute Gasteiger partial charge is 0.131 e. The second kappa shape index (κ2) is 9.00. The van der Waals surface area contributed by atoms with Crippen LogP contribution in [0.2, 0.25) is 0 Å². The molecule has 1 rings (SSSR count). The summed E-state index contributed by atoms with van der Waals surface area (Å²) in [5, 5.41) is 0. The van der Waals surface area contributed by atoms with Crippen LogP contribution in [0.25, 0.3) is 0 Å². The molecular formula is C17H32N4. The maximum Gasteiger partial charge on any atom is 0.131 e. The van der Waals surface area contributed by atoms with Crippen molar-refractivity contribution in [2.24, 2.45) is 5.73 Å². The minimum absolute atomic E-state index is 0.236. The van der Waals surface area contributed by atoms with E-state index in [9.17, 15) is 0 Å². The second-order valence-electron chi connectivity index (χ2n) is 6.09. The Bertz CT molecular complexity index is 417. The van der Waals surface area contributed by atoms with Gasteiger partial charge in [0.1, 0.15) is 5.82 Å². The minimum atomic E-state index is 0.236. The molecule has 120 valence electrons. The minimum Gasteiger partial charge on any atom is -0.357 e. The predicted octanol–water partition coefficient (Wildman–Crippen LogP) is 2.45. The zero-order valence-electron chi connectivity index (χ0n) is 14.4. The molecule has 0 radical (unpaired) electrons. The average molecular weight is 292 g/mol. The van der Waals surface area contributed by atoms with E-state index in [4.69, 9.17) is 10.7 Å². The molecule has 0 fully saturated rings. The predicted molar refractivity (Wildman–Crippen MR) is 92.0 cm³/mol. The summed E-state index contributed by atoms with van der Waals surface area (Å²) in [5.74, 6) is 1.12. The summed E-state index contributed by atoms with van der Waals surface area (Å²) in [6.07, 6.45) is 5.07. The van der Waals surface area contributed by atoms with Crippen molar-refractivity contribution in [3.05, 3.63) is 23.4 Å². The van der Waals surface area contributed by atoms with Gasteiger partial charge in [0.05, 0.1) is 0 Å². The van der Waals surface area contributed by atoms with E-state index in [2.05, 4.69) is 50.7 Å². The van der Waals surface area contributed by atoms with Crippen molar-refractivity contribution in [2.45, 2.75) is 46.1 Å². The summed E-state index contributed by atoms with van der Waals surface area (Å²) in [6, 6.07) is 2.48. The molecule has 2 N–H and O–H groups in total. The van der Waals surface area contributed by atoms with Gasteiger partial charge in [0.25, 0.3) is 0 Å². The third-order valence-electron chi connectivity index (χ3n) is 3.84. The quantitative estimate of drug-likeness (QED) is 0.759. The molecule has 1 heterocycles. The van der Waals surface area contributed by atoms with Crippen LogP contribution in [-0.2, 0) is 6.42 Å². The van der Waals surface area contributed by atoms with Gasteiger partial charge in [-0.2, -0.15) is 0 Å². The zero-order valence-corrected chi connectivity index (χ0v) is 14.4. The largest absolute Gasteiger partial charge is 0.357 e. The summed E-state index contributed by atoms with van der Waals surface area (Å²) in [4.78, 5) is 9.28. The first kappa shape index (κ1) is 17.9. The van der Waals surface area contributed by atoms with Crippen molar-refractivity contribution < 1.29 is 0 Å². The number of pyridine rings is 1. The van der Waals surface area contributed by atoms with E-state index in [1.165, 1.54) is 11.1 Å². The molecular weight excluding hydrogens is 260 g/mol. The molecule has 0 aliphatic carbocycles. The Balaban J connectivity index is 2.71. The van der Waals surface area contributed by atoms with Gasteiger partial charge in [-0.25, -0.2) is 4.98 Å². The molecule has 0 bridgehead atoms. The molecule has 0 aliphatic heterocycles. The molecule has 0 spiro atoms. The van der Waals surface area contributed by atoms with Crippen LogP contribution in [0, 0.1) is 6.92 Å². The molecule has 4 heteroatoms. The van der Waals surface area contributed by atoms with Crippen LogP contribution in [0.15, 0.2) is 12.3 Å². The summed E-state index contributed by atoms with van der Waals surface area (Å²) < 4.78 is 0. The molecule has 1 aromatic heterocycles. The summed E-state index contributed by atoms with van der Waals surface area (Å²) in [7, 11) is 4.23. The van der Waals surface area contributed by atoms with E-state index >= 15 is 0 Å². The molecule has 0 amide bonds. The van der Waals surface area contributed by atoms with Gasteiger partial charge in [0.2, 0.25) is 0 Å². The van der Waals surface area contributed by atoms with Crippen molar-refractivity contribution in [3.63, 3.8) is 0 Å². The van der Waals surface area contributed by atoms with Crippen LogP contribution in [0.1, 0.15) is 37.8 Å². The Hall–Kier alpha value is -1.13. The first-order chi connectivity index (χ1) is 9.97. The fourth-order valence-corrected chi connectivity index (χ4v) is 2.51. The molecule has 0 aliphatic rings. The lowest BCUT2D eigenvalue weighted by Gasteiger charge is -2.25. The van der Waals surface area contributed by atoms with Gasteiger partial charge in [-0.3, -0.25) is 0 Å². The fraction of sp³-hybridized carbons (Fsp3) is 0.706. The molecule has 1 aromatic rings. The van der Waals surface area contributed by atoms with E-state index in [1.54, 1.807) is 0 Å². The lowest BCUT2D eigenvalue weighted by molar-refractivity contribution is 0.400. The standard InChI is InChI=1S/C17H32N4/c1-6-16(18)12-15-11-14(3)17(19-13-15)21(7-2)10-8-9-20(4)5/h11,13,16H,6-10,12,18H2,1-5H3. The van der Waals surface area contributed by atoms with Crippen molar-refractivity contribution >= 4 is 5.82 Å². The molecule has 1 unspecified atom stereocenters. The van der Waals surface area contributed by atoms with Crippen LogP contribution in [0.3, 0.4) is 0 Å². The van der Waals surface area contributed by atoms with Gasteiger partial charge >= 0.3 is 0 Å². The SMILES string of the molecule is CCC(N)Cc1cnc(N(CC)CCCN(C)C)c(C)c1. The third-order valence-corrected chi connectivity index (χ3v) is 3.84. The molecule has 1 atom stereocenters.